The molecule has 200 valence electrons. The summed E-state index contributed by atoms with van der Waals surface area (Å²) in [7, 11) is 0. The van der Waals surface area contributed by atoms with Crippen LogP contribution in [0.5, 0.6) is 0 Å². The molecule has 4 nitrogen and oxygen atoms in total. The Morgan fingerprint density at radius 1 is 0.543 bits per heavy atom. The van der Waals surface area contributed by atoms with Crippen molar-refractivity contribution in [3.05, 3.63) is 70.3 Å². The molecule has 0 atom stereocenters. The number of carboxylic acid groups (broad SMARTS) is 2. The molecule has 0 spiro atoms. The summed E-state index contributed by atoms with van der Waals surface area (Å²) in [5, 5.41) is 15.8. The molecule has 0 aliphatic heterocycles. The molecule has 0 saturated heterocycles. The van der Waals surface area contributed by atoms with E-state index in [1.165, 1.54) is 0 Å². The summed E-state index contributed by atoms with van der Waals surface area (Å²) < 4.78 is 120. The molecule has 0 unspecified atom stereocenters. The Bertz CT molecular complexity index is 844. The molecule has 0 fully saturated rings. The van der Waals surface area contributed by atoms with Crippen LogP contribution in [0.25, 0.3) is 0 Å². The Morgan fingerprint density at radius 2 is 0.743 bits per heavy atom. The van der Waals surface area contributed by atoms with Crippen molar-refractivity contribution in [1.82, 2.24) is 0 Å². The third-order valence-electron chi connectivity index (χ3n) is 2.91. The third kappa shape index (κ3) is 14.2. The summed E-state index contributed by atoms with van der Waals surface area (Å²) in [6.07, 6.45) is 2.05. The summed E-state index contributed by atoms with van der Waals surface area (Å²) in [6, 6.07) is 2.05. The molecule has 2 aromatic carbocycles. The molecular weight excluding hydrogens is 553 g/mol. The fourth-order valence-electron chi connectivity index (χ4n) is 1.42. The number of carbonyl (C=O) groups is 2. The van der Waals surface area contributed by atoms with Crippen molar-refractivity contribution in [2.75, 3.05) is 0 Å². The fraction of sp³-hybridized carbons (Fsp3) is 0.300. The molecule has 2 aromatic rings. The minimum atomic E-state index is -2.17. The minimum absolute atomic E-state index is 0. The van der Waals surface area contributed by atoms with Crippen LogP contribution in [0.3, 0.4) is 0 Å². The van der Waals surface area contributed by atoms with Gasteiger partial charge in [0.2, 0.25) is 0 Å². The molecule has 35 heavy (non-hydrogen) atoms. The van der Waals surface area contributed by atoms with Gasteiger partial charge in [-0.25, -0.2) is 26.3 Å². The van der Waals surface area contributed by atoms with E-state index in [1.54, 1.807) is 0 Å². The maximum atomic E-state index is 12.0. The van der Waals surface area contributed by atoms with Crippen LogP contribution in [0.15, 0.2) is 0 Å². The van der Waals surface area contributed by atoms with E-state index in [0.29, 0.717) is 12.8 Å². The van der Waals surface area contributed by atoms with Crippen LogP contribution in [0.1, 0.15) is 39.5 Å². The maximum absolute atomic E-state index is 12.0. The summed E-state index contributed by atoms with van der Waals surface area (Å²) in [6.45, 7) is 3.68. The Labute approximate surface area is 202 Å². The van der Waals surface area contributed by atoms with E-state index < -0.39 is 70.1 Å². The average molecular weight is 569 g/mol. The van der Waals surface area contributed by atoms with Crippen LogP contribution in [0.2, 0.25) is 0 Å². The second-order valence-corrected chi connectivity index (χ2v) is 5.68. The van der Waals surface area contributed by atoms with Crippen molar-refractivity contribution in [1.29, 1.82) is 0 Å². The van der Waals surface area contributed by atoms with Crippen molar-refractivity contribution >= 4 is 11.9 Å². The average Bonchev–Trinajstić information content (AvgIpc) is 2.74. The summed E-state index contributed by atoms with van der Waals surface area (Å²) in [5.74, 6) is -21.5. The second kappa shape index (κ2) is 18.5. The maximum Gasteiger partial charge on any atom is 2.00 e. The molecular formula is C20H16F10NiO4. The van der Waals surface area contributed by atoms with E-state index in [9.17, 15) is 53.5 Å². The first kappa shape index (κ1) is 36.7. The third-order valence-corrected chi connectivity index (χ3v) is 2.91. The summed E-state index contributed by atoms with van der Waals surface area (Å²) >= 11 is 0. The van der Waals surface area contributed by atoms with Gasteiger partial charge in [-0.1, -0.05) is 13.8 Å². The largest absolute Gasteiger partial charge is 2.00 e. The number of halogens is 10. The second-order valence-electron chi connectivity index (χ2n) is 5.68. The molecule has 0 bridgehead atoms. The van der Waals surface area contributed by atoms with E-state index >= 15 is 0 Å². The zero-order chi connectivity index (χ0) is 27.2. The van der Waals surface area contributed by atoms with Gasteiger partial charge in [-0.3, -0.25) is 27.2 Å². The predicted octanol–water partition coefficient (Wildman–Crippen LogP) is 6.10. The SMILES string of the molecule is CCCC(=O)O.CCCC(=O)O.Fc1[c-]c(F)c(F)c(F)c1F.Fc1[c-]c(F)c(F)c(F)c1F.[Ni+2]. The first-order valence-electron chi connectivity index (χ1n) is 8.87. The number of benzene rings is 2. The van der Waals surface area contributed by atoms with Gasteiger partial charge in [-0.05, 0) is 12.8 Å². The molecule has 0 aliphatic carbocycles. The Morgan fingerprint density at radius 3 is 0.857 bits per heavy atom. The van der Waals surface area contributed by atoms with E-state index in [0.717, 1.165) is 25.0 Å². The van der Waals surface area contributed by atoms with Gasteiger partial charge in [0.1, 0.15) is 0 Å². The first-order valence-corrected chi connectivity index (χ1v) is 8.87. The smallest absolute Gasteiger partial charge is 0.481 e. The van der Waals surface area contributed by atoms with Crippen molar-refractivity contribution in [3.8, 4) is 0 Å². The van der Waals surface area contributed by atoms with Crippen molar-refractivity contribution < 1.29 is 80.2 Å². The van der Waals surface area contributed by atoms with Gasteiger partial charge in [0, 0.05) is 12.8 Å². The monoisotopic (exact) mass is 568 g/mol. The zero-order valence-corrected chi connectivity index (χ0v) is 18.6. The van der Waals surface area contributed by atoms with E-state index in [2.05, 4.69) is 0 Å². The molecule has 0 aliphatic rings. The van der Waals surface area contributed by atoms with Crippen molar-refractivity contribution in [2.45, 2.75) is 39.5 Å². The van der Waals surface area contributed by atoms with Gasteiger partial charge in [0.15, 0.2) is 0 Å². The zero-order valence-electron chi connectivity index (χ0n) is 17.6. The summed E-state index contributed by atoms with van der Waals surface area (Å²) in [4.78, 5) is 19.2. The van der Waals surface area contributed by atoms with Gasteiger partial charge in [-0.15, -0.1) is 12.1 Å². The van der Waals surface area contributed by atoms with E-state index in [-0.39, 0.29) is 16.5 Å². The molecule has 0 amide bonds. The van der Waals surface area contributed by atoms with Gasteiger partial charge in [-0.2, -0.15) is 0 Å². The Hall–Kier alpha value is -2.83. The molecule has 0 heterocycles. The fourth-order valence-corrected chi connectivity index (χ4v) is 1.42. The van der Waals surface area contributed by atoms with Crippen LogP contribution in [0.4, 0.5) is 43.9 Å². The normalized spacial score (nSPS) is 9.26. The molecule has 0 radical (unpaired) electrons. The standard InChI is InChI=1S/2C6F5.2C4H8O2.Ni/c2*7-2-1-3(8)5(10)6(11)4(2)9;2*1-2-3-4(5)6;/h;;2*2-3H2,1H3,(H,5,6);/q2*-1;;;+2. The van der Waals surface area contributed by atoms with Gasteiger partial charge < -0.3 is 10.2 Å². The van der Waals surface area contributed by atoms with Crippen LogP contribution < -0.4 is 0 Å². The topological polar surface area (TPSA) is 74.6 Å². The number of aliphatic carboxylic acids is 2. The Kier molecular flexibility index (Phi) is 19.4. The first-order chi connectivity index (χ1) is 15.6. The quantitative estimate of drug-likeness (QED) is 0.154. The molecule has 0 aromatic heterocycles. The van der Waals surface area contributed by atoms with Crippen LogP contribution >= 0.6 is 0 Å². The molecule has 2 N–H and O–H groups in total. The van der Waals surface area contributed by atoms with Crippen molar-refractivity contribution in [3.63, 3.8) is 0 Å². The van der Waals surface area contributed by atoms with Gasteiger partial charge in [0.25, 0.3) is 0 Å². The minimum Gasteiger partial charge on any atom is -0.481 e. The number of hydrogen-bond acceptors (Lipinski definition) is 2. The van der Waals surface area contributed by atoms with Crippen LogP contribution in [-0.2, 0) is 26.1 Å². The predicted molar refractivity (Wildman–Crippen MR) is 95.2 cm³/mol. The number of carboxylic acids is 2. The number of rotatable bonds is 4. The Balaban J connectivity index is -0.000000404. The number of hydrogen-bond donors (Lipinski definition) is 2. The van der Waals surface area contributed by atoms with Gasteiger partial charge >= 0.3 is 28.4 Å². The molecule has 2 rings (SSSR count). The van der Waals surface area contributed by atoms with Crippen LogP contribution in [0, 0.1) is 70.3 Å². The van der Waals surface area contributed by atoms with Crippen molar-refractivity contribution in [2.24, 2.45) is 0 Å². The van der Waals surface area contributed by atoms with E-state index in [4.69, 9.17) is 10.2 Å². The van der Waals surface area contributed by atoms with Crippen LogP contribution in [-0.4, -0.2) is 22.2 Å². The molecule has 0 saturated carbocycles. The molecule has 15 heteroatoms. The van der Waals surface area contributed by atoms with Gasteiger partial charge in [0.05, 0.1) is 58.2 Å². The van der Waals surface area contributed by atoms with E-state index in [1.807, 2.05) is 13.8 Å². The summed E-state index contributed by atoms with van der Waals surface area (Å²) in [5.41, 5.74) is 0.